The molecule has 90 valence electrons. The van der Waals surface area contributed by atoms with Crippen LogP contribution in [0.25, 0.3) is 0 Å². The van der Waals surface area contributed by atoms with Crippen molar-refractivity contribution in [3.63, 3.8) is 0 Å². The zero-order chi connectivity index (χ0) is 11.4. The Kier molecular flexibility index (Phi) is 3.93. The van der Waals surface area contributed by atoms with E-state index >= 15 is 0 Å². The highest BCUT2D eigenvalue weighted by Crippen LogP contribution is 2.28. The van der Waals surface area contributed by atoms with E-state index in [1.54, 1.807) is 6.33 Å². The Morgan fingerprint density at radius 1 is 1.38 bits per heavy atom. The molecule has 1 saturated carbocycles. The van der Waals surface area contributed by atoms with E-state index in [-0.39, 0.29) is 0 Å². The van der Waals surface area contributed by atoms with Crippen LogP contribution in [-0.2, 0) is 6.42 Å². The topological polar surface area (TPSA) is 53.6 Å². The second-order valence-electron chi connectivity index (χ2n) is 5.05. The van der Waals surface area contributed by atoms with Gasteiger partial charge in [0, 0.05) is 19.0 Å². The van der Waals surface area contributed by atoms with Gasteiger partial charge >= 0.3 is 0 Å². The van der Waals surface area contributed by atoms with Gasteiger partial charge in [0.1, 0.15) is 12.2 Å². The Hall–Kier alpha value is -0.900. The van der Waals surface area contributed by atoms with Crippen molar-refractivity contribution in [3.05, 3.63) is 12.2 Å². The van der Waals surface area contributed by atoms with E-state index in [0.29, 0.717) is 6.04 Å². The van der Waals surface area contributed by atoms with Gasteiger partial charge in [0.25, 0.3) is 0 Å². The minimum absolute atomic E-state index is 0.677. The molecule has 0 aliphatic heterocycles. The number of aromatic amines is 1. The molecule has 0 aromatic carbocycles. The van der Waals surface area contributed by atoms with Crippen LogP contribution in [0.2, 0.25) is 0 Å². The van der Waals surface area contributed by atoms with Crippen LogP contribution >= 0.6 is 0 Å². The number of hydrogen-bond donors (Lipinski definition) is 2. The maximum absolute atomic E-state index is 4.13. The Bertz CT molecular complexity index is 286. The maximum Gasteiger partial charge on any atom is 0.137 e. The highest BCUT2D eigenvalue weighted by Gasteiger charge is 2.26. The highest BCUT2D eigenvalue weighted by atomic mass is 15.2. The summed E-state index contributed by atoms with van der Waals surface area (Å²) in [5, 5.41) is 10.4. The summed E-state index contributed by atoms with van der Waals surface area (Å²) in [5.41, 5.74) is 0. The summed E-state index contributed by atoms with van der Waals surface area (Å²) in [6, 6.07) is 0.677. The summed E-state index contributed by atoms with van der Waals surface area (Å²) in [5.74, 6) is 2.58. The summed E-state index contributed by atoms with van der Waals surface area (Å²) < 4.78 is 0. The molecular weight excluding hydrogens is 200 g/mol. The zero-order valence-electron chi connectivity index (χ0n) is 10.2. The Labute approximate surface area is 97.2 Å². The standard InChI is InChI=1S/C12H22N4/c1-9-4-3-5-10(2)12(9)13-7-6-11-14-8-15-16-11/h8-10,12-13H,3-7H2,1-2H3,(H,14,15,16). The molecule has 0 spiro atoms. The van der Waals surface area contributed by atoms with Gasteiger partial charge in [-0.15, -0.1) is 0 Å². The lowest BCUT2D eigenvalue weighted by molar-refractivity contribution is 0.210. The maximum atomic E-state index is 4.13. The lowest BCUT2D eigenvalue weighted by Crippen LogP contribution is -2.43. The largest absolute Gasteiger partial charge is 0.313 e. The number of rotatable bonds is 4. The molecule has 16 heavy (non-hydrogen) atoms. The van der Waals surface area contributed by atoms with E-state index in [0.717, 1.165) is 30.6 Å². The van der Waals surface area contributed by atoms with Gasteiger partial charge in [-0.1, -0.05) is 20.3 Å². The Morgan fingerprint density at radius 3 is 2.75 bits per heavy atom. The van der Waals surface area contributed by atoms with Crippen molar-refractivity contribution >= 4 is 0 Å². The van der Waals surface area contributed by atoms with Crippen LogP contribution in [0.3, 0.4) is 0 Å². The number of H-pyrrole nitrogens is 1. The number of aromatic nitrogens is 3. The first-order valence-corrected chi connectivity index (χ1v) is 6.35. The fraction of sp³-hybridized carbons (Fsp3) is 0.833. The summed E-state index contributed by atoms with van der Waals surface area (Å²) in [6.07, 6.45) is 6.63. The van der Waals surface area contributed by atoms with Gasteiger partial charge in [0.15, 0.2) is 0 Å². The minimum atomic E-state index is 0.677. The first-order valence-electron chi connectivity index (χ1n) is 6.35. The third kappa shape index (κ3) is 2.82. The molecule has 0 amide bonds. The molecule has 4 nitrogen and oxygen atoms in total. The number of nitrogens with one attached hydrogen (secondary N) is 2. The van der Waals surface area contributed by atoms with Crippen molar-refractivity contribution in [1.82, 2.24) is 20.5 Å². The second-order valence-corrected chi connectivity index (χ2v) is 5.05. The molecule has 2 rings (SSSR count). The van der Waals surface area contributed by atoms with Crippen molar-refractivity contribution in [2.45, 2.75) is 45.6 Å². The lowest BCUT2D eigenvalue weighted by Gasteiger charge is -2.35. The summed E-state index contributed by atoms with van der Waals surface area (Å²) >= 11 is 0. The monoisotopic (exact) mass is 222 g/mol. The molecule has 4 heteroatoms. The summed E-state index contributed by atoms with van der Waals surface area (Å²) in [7, 11) is 0. The molecular formula is C12H22N4. The van der Waals surface area contributed by atoms with Gasteiger partial charge in [-0.05, 0) is 24.7 Å². The predicted molar refractivity (Wildman–Crippen MR) is 64.1 cm³/mol. The molecule has 1 aromatic heterocycles. The van der Waals surface area contributed by atoms with Gasteiger partial charge in [0.05, 0.1) is 0 Å². The van der Waals surface area contributed by atoms with Gasteiger partial charge < -0.3 is 5.32 Å². The van der Waals surface area contributed by atoms with Crippen LogP contribution in [0.1, 0.15) is 38.9 Å². The van der Waals surface area contributed by atoms with Gasteiger partial charge in [-0.3, -0.25) is 5.10 Å². The molecule has 2 N–H and O–H groups in total. The minimum Gasteiger partial charge on any atom is -0.313 e. The van der Waals surface area contributed by atoms with Crippen molar-refractivity contribution in [2.24, 2.45) is 11.8 Å². The third-order valence-corrected chi connectivity index (χ3v) is 3.75. The van der Waals surface area contributed by atoms with E-state index in [2.05, 4.69) is 34.3 Å². The molecule has 1 aliphatic carbocycles. The van der Waals surface area contributed by atoms with Crippen LogP contribution < -0.4 is 5.32 Å². The fourth-order valence-electron chi connectivity index (χ4n) is 2.79. The van der Waals surface area contributed by atoms with Crippen molar-refractivity contribution in [1.29, 1.82) is 0 Å². The molecule has 1 aromatic rings. The summed E-state index contributed by atoms with van der Waals surface area (Å²) in [6.45, 7) is 5.72. The molecule has 1 fully saturated rings. The van der Waals surface area contributed by atoms with Crippen LogP contribution in [0.4, 0.5) is 0 Å². The Morgan fingerprint density at radius 2 is 2.12 bits per heavy atom. The van der Waals surface area contributed by atoms with Gasteiger partial charge in [0.2, 0.25) is 0 Å². The smallest absolute Gasteiger partial charge is 0.137 e. The molecule has 2 unspecified atom stereocenters. The van der Waals surface area contributed by atoms with Crippen LogP contribution in [0.15, 0.2) is 6.33 Å². The average Bonchev–Trinajstić information content (AvgIpc) is 2.75. The van der Waals surface area contributed by atoms with E-state index in [1.165, 1.54) is 19.3 Å². The molecule has 1 aliphatic rings. The molecule has 2 atom stereocenters. The predicted octanol–water partition coefficient (Wildman–Crippen LogP) is 1.76. The number of hydrogen-bond acceptors (Lipinski definition) is 3. The van der Waals surface area contributed by atoms with Crippen LogP contribution in [-0.4, -0.2) is 27.8 Å². The number of nitrogens with zero attached hydrogens (tertiary/aromatic N) is 2. The second kappa shape index (κ2) is 5.43. The SMILES string of the molecule is CC1CCCC(C)C1NCCc1ncn[nH]1. The molecule has 0 radical (unpaired) electrons. The van der Waals surface area contributed by atoms with E-state index in [1.807, 2.05) is 0 Å². The van der Waals surface area contributed by atoms with Crippen molar-refractivity contribution < 1.29 is 0 Å². The lowest BCUT2D eigenvalue weighted by atomic mass is 9.79. The van der Waals surface area contributed by atoms with Crippen LogP contribution in [0.5, 0.6) is 0 Å². The first-order chi connectivity index (χ1) is 7.77. The quantitative estimate of drug-likeness (QED) is 0.816. The van der Waals surface area contributed by atoms with Crippen LogP contribution in [0, 0.1) is 11.8 Å². The Balaban J connectivity index is 1.75. The van der Waals surface area contributed by atoms with E-state index < -0.39 is 0 Å². The first kappa shape index (κ1) is 11.6. The highest BCUT2D eigenvalue weighted by molar-refractivity contribution is 4.86. The average molecular weight is 222 g/mol. The molecule has 0 bridgehead atoms. The summed E-state index contributed by atoms with van der Waals surface area (Å²) in [4.78, 5) is 4.13. The normalized spacial score (nSPS) is 30.5. The van der Waals surface area contributed by atoms with E-state index in [9.17, 15) is 0 Å². The van der Waals surface area contributed by atoms with Crippen molar-refractivity contribution in [2.75, 3.05) is 6.54 Å². The van der Waals surface area contributed by atoms with Gasteiger partial charge in [-0.2, -0.15) is 5.10 Å². The molecule has 0 saturated heterocycles. The van der Waals surface area contributed by atoms with E-state index in [4.69, 9.17) is 0 Å². The third-order valence-electron chi connectivity index (χ3n) is 3.75. The van der Waals surface area contributed by atoms with Gasteiger partial charge in [-0.25, -0.2) is 4.98 Å². The zero-order valence-corrected chi connectivity index (χ0v) is 10.2. The van der Waals surface area contributed by atoms with Crippen molar-refractivity contribution in [3.8, 4) is 0 Å². The molecule has 1 heterocycles. The fourth-order valence-corrected chi connectivity index (χ4v) is 2.79.